The molecule has 15 heavy (non-hydrogen) atoms. The molecule has 5 heteroatoms. The number of nitrogens with one attached hydrogen (secondary N) is 2. The first-order chi connectivity index (χ1) is 7.27. The van der Waals surface area contributed by atoms with Gasteiger partial charge in [0.05, 0.1) is 6.04 Å². The Morgan fingerprint density at radius 2 is 2.07 bits per heavy atom. The van der Waals surface area contributed by atoms with Crippen molar-refractivity contribution in [1.82, 2.24) is 10.4 Å². The number of hydrogen-bond donors (Lipinski definition) is 2. The fraction of sp³-hybridized carbons (Fsp3) is 0.300. The number of rotatable bonds is 5. The van der Waals surface area contributed by atoms with E-state index in [-0.39, 0.29) is 11.9 Å². The van der Waals surface area contributed by atoms with Gasteiger partial charge in [-0.15, -0.1) is 0 Å². The maximum atomic E-state index is 11.6. The highest BCUT2D eigenvalue weighted by molar-refractivity contribution is 7.13. The average Bonchev–Trinajstić information content (AvgIpc) is 2.27. The first kappa shape index (κ1) is 12.2. The Balaban J connectivity index is 2.58. The molecule has 0 saturated heterocycles. The minimum Gasteiger partial charge on any atom is -0.363 e. The Hall–Kier alpha value is -0.855. The van der Waals surface area contributed by atoms with Crippen LogP contribution in [0.15, 0.2) is 30.3 Å². The number of carbonyl (C=O) groups is 1. The van der Waals surface area contributed by atoms with Crippen LogP contribution in [0.1, 0.15) is 5.56 Å². The number of carbonyl (C=O) groups excluding carboxylic acids is 1. The van der Waals surface area contributed by atoms with E-state index < -0.39 is 0 Å². The van der Waals surface area contributed by atoms with Crippen LogP contribution in [0.4, 0.5) is 0 Å². The summed E-state index contributed by atoms with van der Waals surface area (Å²) in [5.41, 5.74) is 1.16. The molecule has 0 aliphatic carbocycles. The van der Waals surface area contributed by atoms with Crippen molar-refractivity contribution in [3.63, 3.8) is 0 Å². The molecule has 0 aliphatic heterocycles. The van der Waals surface area contributed by atoms with Crippen molar-refractivity contribution in [2.75, 3.05) is 6.44 Å². The summed E-state index contributed by atoms with van der Waals surface area (Å²) in [6, 6.07) is 9.79. The monoisotopic (exact) mass is 222 g/mol. The molecule has 2 N–H and O–H groups in total. The number of amides is 1. The standard InChI is InChI=1S/C10H16BN2OP/c11-7-12-10(14)9(13-15)6-8-4-2-1-3-5-8/h1-5,9,13H,6-7,11,15H2,(H,12,14). The Morgan fingerprint density at radius 1 is 1.40 bits per heavy atom. The van der Waals surface area contributed by atoms with Gasteiger partial charge in [-0.2, -0.15) is 0 Å². The van der Waals surface area contributed by atoms with Gasteiger partial charge in [0.2, 0.25) is 5.91 Å². The van der Waals surface area contributed by atoms with Crippen LogP contribution in [0.3, 0.4) is 0 Å². The highest BCUT2D eigenvalue weighted by Crippen LogP contribution is 2.04. The van der Waals surface area contributed by atoms with Crippen molar-refractivity contribution in [2.24, 2.45) is 0 Å². The maximum Gasteiger partial charge on any atom is 0.237 e. The summed E-state index contributed by atoms with van der Waals surface area (Å²) in [7, 11) is 4.31. The van der Waals surface area contributed by atoms with Crippen LogP contribution in [0.2, 0.25) is 0 Å². The molecule has 1 aromatic rings. The summed E-state index contributed by atoms with van der Waals surface area (Å²) in [4.78, 5) is 11.6. The van der Waals surface area contributed by atoms with Crippen LogP contribution < -0.4 is 10.4 Å². The highest BCUT2D eigenvalue weighted by Gasteiger charge is 2.15. The van der Waals surface area contributed by atoms with Crippen molar-refractivity contribution in [3.8, 4) is 0 Å². The fourth-order valence-corrected chi connectivity index (χ4v) is 1.64. The van der Waals surface area contributed by atoms with Crippen LogP contribution in [-0.4, -0.2) is 26.2 Å². The van der Waals surface area contributed by atoms with Gasteiger partial charge in [-0.1, -0.05) is 39.7 Å². The smallest absolute Gasteiger partial charge is 0.237 e. The van der Waals surface area contributed by atoms with Crippen LogP contribution in [0, 0.1) is 0 Å². The van der Waals surface area contributed by atoms with Gasteiger partial charge in [0.15, 0.2) is 0 Å². The molecule has 1 aromatic carbocycles. The molecule has 0 aliphatic rings. The van der Waals surface area contributed by atoms with Gasteiger partial charge in [0.25, 0.3) is 0 Å². The lowest BCUT2D eigenvalue weighted by Crippen LogP contribution is -2.42. The first-order valence-corrected chi connectivity index (χ1v) is 5.63. The summed E-state index contributed by atoms with van der Waals surface area (Å²) in [5, 5.41) is 5.74. The summed E-state index contributed by atoms with van der Waals surface area (Å²) in [6.07, 6.45) is 1.37. The van der Waals surface area contributed by atoms with E-state index >= 15 is 0 Å². The molecule has 0 aromatic heterocycles. The SMILES string of the molecule is BCNC(=O)C(Cc1ccccc1)NP. The summed E-state index contributed by atoms with van der Waals surface area (Å²) >= 11 is 0. The summed E-state index contributed by atoms with van der Waals surface area (Å²) < 4.78 is 0. The molecule has 1 amide bonds. The molecule has 0 heterocycles. The lowest BCUT2D eigenvalue weighted by Gasteiger charge is -2.15. The fourth-order valence-electron chi connectivity index (χ4n) is 1.37. The Kier molecular flexibility index (Phi) is 5.37. The van der Waals surface area contributed by atoms with Crippen LogP contribution in [0.25, 0.3) is 0 Å². The van der Waals surface area contributed by atoms with E-state index in [1.54, 1.807) is 0 Å². The van der Waals surface area contributed by atoms with Crippen molar-refractivity contribution in [2.45, 2.75) is 12.5 Å². The second kappa shape index (κ2) is 6.60. The van der Waals surface area contributed by atoms with E-state index in [4.69, 9.17) is 0 Å². The molecule has 1 rings (SSSR count). The van der Waals surface area contributed by atoms with Crippen molar-refractivity contribution in [1.29, 1.82) is 0 Å². The molecule has 0 spiro atoms. The second-order valence-electron chi connectivity index (χ2n) is 3.30. The van der Waals surface area contributed by atoms with E-state index in [9.17, 15) is 4.79 Å². The minimum absolute atomic E-state index is 0.0383. The Morgan fingerprint density at radius 3 is 2.60 bits per heavy atom. The third kappa shape index (κ3) is 4.02. The molecule has 3 nitrogen and oxygen atoms in total. The third-order valence-corrected chi connectivity index (χ3v) is 2.55. The quantitative estimate of drug-likeness (QED) is 0.529. The predicted octanol–water partition coefficient (Wildman–Crippen LogP) is -0.316. The van der Waals surface area contributed by atoms with Crippen molar-refractivity contribution < 1.29 is 4.79 Å². The lowest BCUT2D eigenvalue weighted by molar-refractivity contribution is -0.122. The molecule has 0 radical (unpaired) electrons. The Bertz CT molecular complexity index is 308. The van der Waals surface area contributed by atoms with E-state index in [0.29, 0.717) is 12.9 Å². The van der Waals surface area contributed by atoms with Crippen LogP contribution >= 0.6 is 9.39 Å². The van der Waals surface area contributed by atoms with Gasteiger partial charge in [0.1, 0.15) is 7.85 Å². The molecule has 0 bridgehead atoms. The highest BCUT2D eigenvalue weighted by atomic mass is 31.0. The molecule has 2 atom stereocenters. The summed E-state index contributed by atoms with van der Waals surface area (Å²) in [5.74, 6) is 0.0383. The normalized spacial score (nSPS) is 12.1. The van der Waals surface area contributed by atoms with E-state index in [0.717, 1.165) is 5.56 Å². The average molecular weight is 222 g/mol. The molecular weight excluding hydrogens is 206 g/mol. The van der Waals surface area contributed by atoms with E-state index in [2.05, 4.69) is 19.8 Å². The topological polar surface area (TPSA) is 41.1 Å². The molecule has 2 unspecified atom stereocenters. The minimum atomic E-state index is -0.183. The first-order valence-electron chi connectivity index (χ1n) is 5.05. The van der Waals surface area contributed by atoms with Gasteiger partial charge in [0, 0.05) is 0 Å². The second-order valence-corrected chi connectivity index (χ2v) is 3.64. The Labute approximate surface area is 93.7 Å². The molecule has 80 valence electrons. The van der Waals surface area contributed by atoms with Gasteiger partial charge in [-0.25, -0.2) is 0 Å². The number of hydrogen-bond acceptors (Lipinski definition) is 2. The predicted molar refractivity (Wildman–Crippen MR) is 68.3 cm³/mol. The van der Waals surface area contributed by atoms with Gasteiger partial charge >= 0.3 is 0 Å². The number of benzene rings is 1. The van der Waals surface area contributed by atoms with Gasteiger partial charge in [-0.05, 0) is 18.4 Å². The van der Waals surface area contributed by atoms with Crippen molar-refractivity contribution >= 4 is 23.1 Å². The molecule has 0 saturated carbocycles. The zero-order valence-corrected chi connectivity index (χ0v) is 10.0. The van der Waals surface area contributed by atoms with Crippen molar-refractivity contribution in [3.05, 3.63) is 35.9 Å². The molecular formula is C10H16BN2OP. The van der Waals surface area contributed by atoms with Crippen LogP contribution in [0.5, 0.6) is 0 Å². The van der Waals surface area contributed by atoms with Crippen LogP contribution in [-0.2, 0) is 11.2 Å². The molecule has 0 fully saturated rings. The zero-order valence-electron chi connectivity index (χ0n) is 8.86. The van der Waals surface area contributed by atoms with Gasteiger partial charge < -0.3 is 5.32 Å². The zero-order chi connectivity index (χ0) is 11.1. The lowest BCUT2D eigenvalue weighted by atomic mass is 10.1. The third-order valence-electron chi connectivity index (χ3n) is 2.15. The largest absolute Gasteiger partial charge is 0.363 e. The van der Waals surface area contributed by atoms with E-state index in [1.807, 2.05) is 38.2 Å². The van der Waals surface area contributed by atoms with E-state index in [1.165, 1.54) is 0 Å². The maximum absolute atomic E-state index is 11.6. The van der Waals surface area contributed by atoms with Gasteiger partial charge in [-0.3, -0.25) is 9.88 Å². The summed E-state index contributed by atoms with van der Waals surface area (Å²) in [6.45, 7) is 0.